The normalized spacial score (nSPS) is 14.9. The van der Waals surface area contributed by atoms with E-state index in [0.29, 0.717) is 0 Å². The maximum absolute atomic E-state index is 11.5. The molecular formula is C17H28N2O3. The quantitative estimate of drug-likeness (QED) is 0.864. The van der Waals surface area contributed by atoms with Crippen LogP contribution in [0.3, 0.4) is 0 Å². The van der Waals surface area contributed by atoms with Crippen molar-refractivity contribution in [3.8, 4) is 0 Å². The predicted molar refractivity (Wildman–Crippen MR) is 86.6 cm³/mol. The summed E-state index contributed by atoms with van der Waals surface area (Å²) in [4.78, 5) is 17.2. The van der Waals surface area contributed by atoms with Gasteiger partial charge in [-0.3, -0.25) is 4.98 Å². The number of carbonyl (C=O) groups is 1. The van der Waals surface area contributed by atoms with E-state index in [1.165, 1.54) is 6.42 Å². The number of nitrogens with zero attached hydrogens (tertiary/aromatic N) is 2. The van der Waals surface area contributed by atoms with Crippen molar-refractivity contribution >= 4 is 6.09 Å². The molecule has 0 unspecified atom stereocenters. The van der Waals surface area contributed by atoms with Crippen molar-refractivity contribution in [3.05, 3.63) is 29.6 Å². The van der Waals surface area contributed by atoms with Crippen molar-refractivity contribution in [1.82, 2.24) is 9.88 Å². The lowest BCUT2D eigenvalue weighted by molar-refractivity contribution is 0.0216. The smallest absolute Gasteiger partial charge is 0.410 e. The third kappa shape index (κ3) is 6.89. The molecule has 0 spiro atoms. The van der Waals surface area contributed by atoms with Crippen LogP contribution in [0.15, 0.2) is 18.5 Å². The number of aliphatic hydroxyl groups excluding tert-OH is 1. The lowest BCUT2D eigenvalue weighted by atomic mass is 10.1. The summed E-state index contributed by atoms with van der Waals surface area (Å²) in [5.74, 6) is 0. The Labute approximate surface area is 133 Å². The van der Waals surface area contributed by atoms with Gasteiger partial charge in [-0.05, 0) is 64.2 Å². The molecule has 1 fully saturated rings. The number of pyridine rings is 1. The van der Waals surface area contributed by atoms with E-state index < -0.39 is 0 Å². The van der Waals surface area contributed by atoms with Gasteiger partial charge < -0.3 is 14.7 Å². The average Bonchev–Trinajstić information content (AvgIpc) is 2.48. The van der Waals surface area contributed by atoms with Crippen LogP contribution in [0.2, 0.25) is 0 Å². The zero-order valence-corrected chi connectivity index (χ0v) is 14.1. The molecule has 0 radical (unpaired) electrons. The molecule has 124 valence electrons. The minimum Gasteiger partial charge on any atom is -0.444 e. The molecule has 0 aliphatic carbocycles. The van der Waals surface area contributed by atoms with Gasteiger partial charge >= 0.3 is 6.09 Å². The summed E-state index contributed by atoms with van der Waals surface area (Å²) < 4.78 is 5.26. The Hall–Kier alpha value is -1.62. The van der Waals surface area contributed by atoms with Crippen molar-refractivity contribution in [2.75, 3.05) is 13.1 Å². The SMILES string of the molecule is CC(C)(C)OC(=O)N1CCCCC1.Cc1ccncc1CO. The molecule has 1 aliphatic heterocycles. The number of rotatable bonds is 1. The number of aliphatic hydroxyl groups is 1. The maximum atomic E-state index is 11.5. The maximum Gasteiger partial charge on any atom is 0.410 e. The van der Waals surface area contributed by atoms with Crippen molar-refractivity contribution in [3.63, 3.8) is 0 Å². The first-order chi connectivity index (χ1) is 10.3. The molecule has 1 aromatic heterocycles. The van der Waals surface area contributed by atoms with Gasteiger partial charge in [0.1, 0.15) is 5.60 Å². The summed E-state index contributed by atoms with van der Waals surface area (Å²) in [6.07, 6.45) is 6.69. The molecule has 1 N–H and O–H groups in total. The molecule has 1 saturated heterocycles. The molecule has 1 amide bonds. The topological polar surface area (TPSA) is 62.7 Å². The van der Waals surface area contributed by atoms with E-state index in [1.54, 1.807) is 17.3 Å². The van der Waals surface area contributed by atoms with Gasteiger partial charge in [0, 0.05) is 25.5 Å². The van der Waals surface area contributed by atoms with Crippen molar-refractivity contribution in [2.45, 2.75) is 59.2 Å². The van der Waals surface area contributed by atoms with E-state index in [1.807, 2.05) is 33.8 Å². The molecule has 5 nitrogen and oxygen atoms in total. The first-order valence-corrected chi connectivity index (χ1v) is 7.82. The van der Waals surface area contributed by atoms with Crippen molar-refractivity contribution in [1.29, 1.82) is 0 Å². The number of aromatic nitrogens is 1. The van der Waals surface area contributed by atoms with E-state index >= 15 is 0 Å². The lowest BCUT2D eigenvalue weighted by Crippen LogP contribution is -2.39. The second-order valence-corrected chi connectivity index (χ2v) is 6.49. The Kier molecular flexibility index (Phi) is 7.32. The van der Waals surface area contributed by atoms with Crippen LogP contribution in [0, 0.1) is 6.92 Å². The first kappa shape index (κ1) is 18.4. The van der Waals surface area contributed by atoms with Crippen molar-refractivity contribution in [2.24, 2.45) is 0 Å². The number of hydrogen-bond acceptors (Lipinski definition) is 4. The highest BCUT2D eigenvalue weighted by molar-refractivity contribution is 5.68. The van der Waals surface area contributed by atoms with Crippen LogP contribution < -0.4 is 0 Å². The molecule has 1 aromatic rings. The third-order valence-corrected chi connectivity index (χ3v) is 3.33. The zero-order valence-electron chi connectivity index (χ0n) is 14.1. The second kappa shape index (κ2) is 8.73. The van der Waals surface area contributed by atoms with Gasteiger partial charge in [-0.2, -0.15) is 0 Å². The molecular weight excluding hydrogens is 280 g/mol. The van der Waals surface area contributed by atoms with Gasteiger partial charge in [0.25, 0.3) is 0 Å². The van der Waals surface area contributed by atoms with Gasteiger partial charge in [-0.15, -0.1) is 0 Å². The minimum absolute atomic E-state index is 0.0830. The predicted octanol–water partition coefficient (Wildman–Crippen LogP) is 3.29. The molecule has 2 rings (SSSR count). The van der Waals surface area contributed by atoms with Gasteiger partial charge in [0.05, 0.1) is 6.61 Å². The second-order valence-electron chi connectivity index (χ2n) is 6.49. The van der Waals surface area contributed by atoms with Crippen LogP contribution in [-0.4, -0.2) is 39.8 Å². The number of hydrogen-bond donors (Lipinski definition) is 1. The number of piperidine rings is 1. The summed E-state index contributed by atoms with van der Waals surface area (Å²) in [6, 6.07) is 1.88. The fourth-order valence-electron chi connectivity index (χ4n) is 2.07. The van der Waals surface area contributed by atoms with Crippen LogP contribution >= 0.6 is 0 Å². The first-order valence-electron chi connectivity index (χ1n) is 7.82. The summed E-state index contributed by atoms with van der Waals surface area (Å²) in [6.45, 7) is 9.44. The molecule has 0 atom stereocenters. The van der Waals surface area contributed by atoms with Crippen LogP contribution in [0.4, 0.5) is 4.79 Å². The highest BCUT2D eigenvalue weighted by Gasteiger charge is 2.22. The van der Waals surface area contributed by atoms with E-state index in [0.717, 1.165) is 37.1 Å². The number of carbonyl (C=O) groups excluding carboxylic acids is 1. The van der Waals surface area contributed by atoms with Crippen LogP contribution in [-0.2, 0) is 11.3 Å². The summed E-state index contributed by atoms with van der Waals surface area (Å²) in [7, 11) is 0. The largest absolute Gasteiger partial charge is 0.444 e. The number of aryl methyl sites for hydroxylation is 1. The molecule has 22 heavy (non-hydrogen) atoms. The summed E-state index contributed by atoms with van der Waals surface area (Å²) in [5, 5.41) is 8.68. The Morgan fingerprint density at radius 3 is 2.41 bits per heavy atom. The van der Waals surface area contributed by atoms with Gasteiger partial charge in [-0.1, -0.05) is 0 Å². The highest BCUT2D eigenvalue weighted by Crippen LogP contribution is 2.14. The number of ether oxygens (including phenoxy) is 1. The Bertz CT molecular complexity index is 463. The zero-order chi connectivity index (χ0) is 16.6. The number of likely N-dealkylation sites (tertiary alicyclic amines) is 1. The molecule has 2 heterocycles. The molecule has 1 aliphatic rings. The van der Waals surface area contributed by atoms with Crippen LogP contribution in [0.1, 0.15) is 51.2 Å². The van der Waals surface area contributed by atoms with Crippen molar-refractivity contribution < 1.29 is 14.6 Å². The Morgan fingerprint density at radius 2 is 1.95 bits per heavy atom. The van der Waals surface area contributed by atoms with Gasteiger partial charge in [0.2, 0.25) is 0 Å². The lowest BCUT2D eigenvalue weighted by Gasteiger charge is -2.29. The fourth-order valence-corrected chi connectivity index (χ4v) is 2.07. The third-order valence-electron chi connectivity index (χ3n) is 3.33. The molecule has 0 aromatic carbocycles. The van der Waals surface area contributed by atoms with E-state index in [4.69, 9.17) is 9.84 Å². The van der Waals surface area contributed by atoms with E-state index in [2.05, 4.69) is 4.98 Å². The Balaban J connectivity index is 0.000000235. The molecule has 0 bridgehead atoms. The van der Waals surface area contributed by atoms with Crippen LogP contribution in [0.5, 0.6) is 0 Å². The average molecular weight is 308 g/mol. The summed E-state index contributed by atoms with van der Waals surface area (Å²) in [5.41, 5.74) is 1.62. The van der Waals surface area contributed by atoms with Crippen LogP contribution in [0.25, 0.3) is 0 Å². The van der Waals surface area contributed by atoms with Gasteiger partial charge in [0.15, 0.2) is 0 Å². The van der Waals surface area contributed by atoms with Gasteiger partial charge in [-0.25, -0.2) is 4.79 Å². The van der Waals surface area contributed by atoms with E-state index in [9.17, 15) is 4.79 Å². The summed E-state index contributed by atoms with van der Waals surface area (Å²) >= 11 is 0. The minimum atomic E-state index is -0.367. The molecule has 5 heteroatoms. The molecule has 0 saturated carbocycles. The monoisotopic (exact) mass is 308 g/mol. The standard InChI is InChI=1S/C10H19NO2.C7H9NO/c1-10(2,3)13-9(12)11-7-5-4-6-8-11;1-6-2-3-8-4-7(6)5-9/h4-8H2,1-3H3;2-4,9H,5H2,1H3. The van der Waals surface area contributed by atoms with E-state index in [-0.39, 0.29) is 18.3 Å². The Morgan fingerprint density at radius 1 is 1.32 bits per heavy atom. The fraction of sp³-hybridized carbons (Fsp3) is 0.647. The number of amides is 1. The highest BCUT2D eigenvalue weighted by atomic mass is 16.6.